The van der Waals surface area contributed by atoms with E-state index in [-0.39, 0.29) is 155 Å². The van der Waals surface area contributed by atoms with Gasteiger partial charge in [0.25, 0.3) is 0 Å². The van der Waals surface area contributed by atoms with Crippen LogP contribution >= 0.6 is 29.7 Å². The van der Waals surface area contributed by atoms with E-state index in [1.807, 2.05) is 0 Å². The van der Waals surface area contributed by atoms with E-state index in [1.165, 1.54) is 41.5 Å². The SMILES string of the molecule is CC(=O)OCCCCCOP(=O)(OCCCCCOC(C)=O)OCCCCCOP(=[Se])(OCCCCCOP(=O)(OCCCCCOC(C)=O)OCCCCCOC(C)=O)OCCCCCOP(=O)(OCCCCCOC(C)=O)OCCCCCOC(C)=O. The van der Waals surface area contributed by atoms with Gasteiger partial charge in [-0.2, -0.15) is 0 Å². The van der Waals surface area contributed by atoms with Gasteiger partial charge >= 0.3 is 324 Å². The molecule has 0 aliphatic heterocycles. The van der Waals surface area contributed by atoms with Gasteiger partial charge in [0.05, 0.1) is 39.6 Å². The minimum Gasteiger partial charge on any atom is -0.466 e. The second-order valence-corrected chi connectivity index (χ2v) is 29.9. The Hall–Kier alpha value is -2.02. The molecule has 0 radical (unpaired) electrons. The molecule has 0 spiro atoms. The molecule has 0 aliphatic rings. The van der Waals surface area contributed by atoms with E-state index in [0.717, 1.165) is 0 Å². The maximum atomic E-state index is 13.6. The van der Waals surface area contributed by atoms with E-state index in [9.17, 15) is 42.5 Å². The average molecular weight is 1430 g/mol. The molecule has 27 nitrogen and oxygen atoms in total. The summed E-state index contributed by atoms with van der Waals surface area (Å²) >= 11 is 3.03. The first-order valence-electron chi connectivity index (χ1n) is 31.6. The molecule has 0 saturated carbocycles. The van der Waals surface area contributed by atoms with Gasteiger partial charge in [-0.1, -0.05) is 0 Å². The van der Waals surface area contributed by atoms with Crippen molar-refractivity contribution in [3.05, 3.63) is 0 Å². The van der Waals surface area contributed by atoms with Gasteiger partial charge in [-0.05, 0) is 77.0 Å². The van der Waals surface area contributed by atoms with E-state index < -0.39 is 29.7 Å². The number of carbonyl (C=O) groups excluding carboxylic acids is 6. The summed E-state index contributed by atoms with van der Waals surface area (Å²) in [5, 5.41) is 0. The van der Waals surface area contributed by atoms with Crippen LogP contribution in [0.25, 0.3) is 0 Å². The first-order valence-corrected chi connectivity index (χ1v) is 39.7. The van der Waals surface area contributed by atoms with Crippen molar-refractivity contribution in [3.63, 3.8) is 0 Å². The molecular formula is C57H108O27P4Se. The van der Waals surface area contributed by atoms with Crippen molar-refractivity contribution in [2.75, 3.05) is 119 Å². The van der Waals surface area contributed by atoms with Crippen LogP contribution < -0.4 is 0 Å². The fourth-order valence-electron chi connectivity index (χ4n) is 7.29. The van der Waals surface area contributed by atoms with Gasteiger partial charge in [-0.15, -0.1) is 0 Å². The summed E-state index contributed by atoms with van der Waals surface area (Å²) in [5.74, 6) is -2.13. The van der Waals surface area contributed by atoms with Gasteiger partial charge < -0.3 is 28.4 Å². The van der Waals surface area contributed by atoms with E-state index in [1.54, 1.807) is 0 Å². The smallest absolute Gasteiger partial charge is 0.466 e. The molecule has 0 unspecified atom stereocenters. The Balaban J connectivity index is 5.63. The molecule has 0 aliphatic carbocycles. The molecule has 32 heteroatoms. The maximum absolute atomic E-state index is 13.6. The predicted molar refractivity (Wildman–Crippen MR) is 331 cm³/mol. The monoisotopic (exact) mass is 1430 g/mol. The fourth-order valence-corrected chi connectivity index (χ4v) is 13.8. The van der Waals surface area contributed by atoms with Gasteiger partial charge in [0.1, 0.15) is 0 Å². The number of phosphoric ester groups is 3. The third kappa shape index (κ3) is 60.7. The van der Waals surface area contributed by atoms with E-state index in [0.29, 0.717) is 173 Å². The molecular weight excluding hydrogens is 1320 g/mol. The van der Waals surface area contributed by atoms with Crippen LogP contribution in [0, 0.1) is 0 Å². The summed E-state index contributed by atoms with van der Waals surface area (Å²) in [6, 6.07) is 0. The molecule has 0 aromatic carbocycles. The molecule has 0 amide bonds. The number of phosphoric acid groups is 3. The number of esters is 6. The molecule has 89 heavy (non-hydrogen) atoms. The number of rotatable bonds is 66. The van der Waals surface area contributed by atoms with Gasteiger partial charge in [0, 0.05) is 41.5 Å². The molecule has 0 N–H and O–H groups in total. The molecule has 0 saturated heterocycles. The molecule has 0 fully saturated rings. The molecule has 0 heterocycles. The van der Waals surface area contributed by atoms with E-state index >= 15 is 0 Å². The fraction of sp³-hybridized carbons (Fsp3) is 0.895. The van der Waals surface area contributed by atoms with Crippen LogP contribution in [-0.2, 0) is 125 Å². The first-order chi connectivity index (χ1) is 42.6. The molecule has 0 aromatic rings. The van der Waals surface area contributed by atoms with Crippen LogP contribution in [0.4, 0.5) is 0 Å². The summed E-state index contributed by atoms with van der Waals surface area (Å²) in [4.78, 5) is 66.5. The van der Waals surface area contributed by atoms with E-state index in [2.05, 4.69) is 15.1 Å². The standard InChI is InChI=1S/C57H108O27P4Se/c1-52(58)67-34-16-7-22-40-73-85(64,74-41-23-8-17-35-68-53(2)59)79-46-28-13-31-49-82-88(89,83-50-32-14-29-47-80-86(65,75-42-24-9-18-36-69-54(3)60)76-43-25-10-19-37-70-55(4)61)84-51-33-15-30-48-81-87(66,77-44-26-11-20-38-71-56(5)62)78-45-27-12-21-39-72-57(6)63/h7-51H2,1-6H3. The van der Waals surface area contributed by atoms with Gasteiger partial charge in [-0.25, -0.2) is 0 Å². The summed E-state index contributed by atoms with van der Waals surface area (Å²) in [6.07, 6.45) is 13.2. The molecule has 0 bridgehead atoms. The quantitative estimate of drug-likeness (QED) is 0.0179. The van der Waals surface area contributed by atoms with Crippen LogP contribution in [-0.4, -0.2) is 170 Å². The van der Waals surface area contributed by atoms with Crippen molar-refractivity contribution in [3.8, 4) is 0 Å². The van der Waals surface area contributed by atoms with E-state index in [4.69, 9.17) is 82.7 Å². The summed E-state index contributed by atoms with van der Waals surface area (Å²) in [5.41, 5.74) is 0. The minimum absolute atomic E-state index is 0.0899. The second kappa shape index (κ2) is 58.5. The summed E-state index contributed by atoms with van der Waals surface area (Å²) in [7, 11) is -11.7. The zero-order chi connectivity index (χ0) is 66.0. The number of carbonyl (C=O) groups is 6. The van der Waals surface area contributed by atoms with Crippen molar-refractivity contribution < 1.29 is 125 Å². The van der Waals surface area contributed by atoms with Crippen molar-refractivity contribution >= 4 is 80.6 Å². The zero-order valence-electron chi connectivity index (χ0n) is 54.0. The molecule has 0 aromatic heterocycles. The Morgan fingerprint density at radius 1 is 0.202 bits per heavy atom. The molecule has 524 valence electrons. The van der Waals surface area contributed by atoms with Crippen LogP contribution in [0.3, 0.4) is 0 Å². The van der Waals surface area contributed by atoms with Gasteiger partial charge in [0.15, 0.2) is 0 Å². The minimum atomic E-state index is -3.91. The number of hydrogen-bond acceptors (Lipinski definition) is 27. The predicted octanol–water partition coefficient (Wildman–Crippen LogP) is 13.3. The van der Waals surface area contributed by atoms with Crippen molar-refractivity contribution in [2.45, 2.75) is 215 Å². The van der Waals surface area contributed by atoms with Crippen molar-refractivity contribution in [1.29, 1.82) is 0 Å². The van der Waals surface area contributed by atoms with Crippen molar-refractivity contribution in [1.82, 2.24) is 0 Å². The Bertz CT molecular complexity index is 1720. The zero-order valence-corrected chi connectivity index (χ0v) is 59.3. The number of unbranched alkanes of at least 4 members (excludes halogenated alkanes) is 18. The Kier molecular flexibility index (Phi) is 57.2. The van der Waals surface area contributed by atoms with Crippen molar-refractivity contribution in [2.24, 2.45) is 0 Å². The Labute approximate surface area is 537 Å². The third-order valence-electron chi connectivity index (χ3n) is 11.9. The van der Waals surface area contributed by atoms with Crippen LogP contribution in [0.2, 0.25) is 0 Å². The third-order valence-corrected chi connectivity index (χ3v) is 19.9. The summed E-state index contributed by atoms with van der Waals surface area (Å²) < 4.78 is 141. The van der Waals surface area contributed by atoms with Gasteiger partial charge in [0.2, 0.25) is 0 Å². The van der Waals surface area contributed by atoms with Gasteiger partial charge in [-0.3, -0.25) is 28.8 Å². The topological polar surface area (TPSA) is 320 Å². The molecule has 0 atom stereocenters. The second-order valence-electron chi connectivity index (χ2n) is 20.4. The number of hydrogen-bond donors (Lipinski definition) is 0. The van der Waals surface area contributed by atoms with Crippen LogP contribution in [0.5, 0.6) is 0 Å². The Morgan fingerprint density at radius 2 is 0.315 bits per heavy atom. The van der Waals surface area contributed by atoms with Crippen LogP contribution in [0.15, 0.2) is 0 Å². The normalized spacial score (nSPS) is 12.0. The molecule has 0 rings (SSSR count). The summed E-state index contributed by atoms with van der Waals surface area (Å²) in [6.45, 7) is 11.5. The average Bonchev–Trinajstić information content (AvgIpc) is 3.47. The Morgan fingerprint density at radius 3 is 0.438 bits per heavy atom. The number of ether oxygens (including phenoxy) is 6. The first kappa shape index (κ1) is 87.0. The van der Waals surface area contributed by atoms with Crippen LogP contribution in [0.1, 0.15) is 215 Å².